The molecule has 0 rings (SSSR count). The molecule has 0 spiro atoms. The van der Waals surface area contributed by atoms with Gasteiger partial charge >= 0.3 is 0 Å². The Morgan fingerprint density at radius 2 is 1.71 bits per heavy atom. The van der Waals surface area contributed by atoms with Gasteiger partial charge < -0.3 is 10.1 Å². The van der Waals surface area contributed by atoms with Crippen LogP contribution in [-0.4, -0.2) is 24.8 Å². The summed E-state index contributed by atoms with van der Waals surface area (Å²) in [5.41, 5.74) is -0.0154. The van der Waals surface area contributed by atoms with Gasteiger partial charge in [-0.15, -0.1) is 0 Å². The second-order valence-electron chi connectivity index (χ2n) is 4.75. The summed E-state index contributed by atoms with van der Waals surface area (Å²) < 4.78 is 5.42. The lowest BCUT2D eigenvalue weighted by molar-refractivity contribution is 0.00760. The quantitative estimate of drug-likeness (QED) is 0.684. The average molecular weight is 201 g/mol. The van der Waals surface area contributed by atoms with E-state index < -0.39 is 0 Å². The smallest absolute Gasteiger partial charge is 0.0637 e. The first-order valence-electron chi connectivity index (χ1n) is 5.76. The zero-order chi connectivity index (χ0) is 11.2. The summed E-state index contributed by atoms with van der Waals surface area (Å²) in [5.74, 6) is 0. The lowest BCUT2D eigenvalue weighted by Gasteiger charge is -2.29. The maximum Gasteiger partial charge on any atom is 0.0637 e. The van der Waals surface area contributed by atoms with Crippen LogP contribution >= 0.6 is 0 Å². The van der Waals surface area contributed by atoms with Crippen molar-refractivity contribution in [3.8, 4) is 0 Å². The molecule has 14 heavy (non-hydrogen) atoms. The minimum Gasteiger partial charge on any atom is -0.379 e. The van der Waals surface area contributed by atoms with Crippen molar-refractivity contribution >= 4 is 0 Å². The molecule has 0 aromatic carbocycles. The molecule has 0 amide bonds. The minimum atomic E-state index is -0.0154. The first kappa shape index (κ1) is 13.9. The van der Waals surface area contributed by atoms with Crippen molar-refractivity contribution in [1.29, 1.82) is 0 Å². The third-order valence-electron chi connectivity index (χ3n) is 2.86. The van der Waals surface area contributed by atoms with Gasteiger partial charge in [0.15, 0.2) is 0 Å². The van der Waals surface area contributed by atoms with Crippen LogP contribution in [0.4, 0.5) is 0 Å². The Balaban J connectivity index is 3.90. The van der Waals surface area contributed by atoms with Crippen molar-refractivity contribution in [2.75, 3.05) is 7.11 Å². The maximum absolute atomic E-state index is 5.42. The van der Waals surface area contributed by atoms with Gasteiger partial charge in [0.1, 0.15) is 0 Å². The molecule has 86 valence electrons. The fourth-order valence-corrected chi connectivity index (χ4v) is 1.81. The van der Waals surface area contributed by atoms with Crippen LogP contribution in [0.25, 0.3) is 0 Å². The molecule has 0 aliphatic carbocycles. The summed E-state index contributed by atoms with van der Waals surface area (Å²) in [6.45, 7) is 11.0. The van der Waals surface area contributed by atoms with Crippen LogP contribution in [0, 0.1) is 0 Å². The molecule has 1 atom stereocenters. The third kappa shape index (κ3) is 5.61. The molecular weight excluding hydrogens is 174 g/mol. The molecule has 0 radical (unpaired) electrons. The molecule has 0 saturated heterocycles. The van der Waals surface area contributed by atoms with Crippen molar-refractivity contribution in [3.63, 3.8) is 0 Å². The van der Waals surface area contributed by atoms with Gasteiger partial charge in [-0.05, 0) is 40.0 Å². The Morgan fingerprint density at radius 1 is 1.21 bits per heavy atom. The van der Waals surface area contributed by atoms with Crippen molar-refractivity contribution in [3.05, 3.63) is 0 Å². The Hall–Kier alpha value is -0.0800. The molecule has 1 N–H and O–H groups in total. The van der Waals surface area contributed by atoms with Gasteiger partial charge in [-0.1, -0.05) is 13.8 Å². The highest BCUT2D eigenvalue weighted by molar-refractivity contribution is 4.77. The van der Waals surface area contributed by atoms with E-state index >= 15 is 0 Å². The summed E-state index contributed by atoms with van der Waals surface area (Å²) in [4.78, 5) is 0. The van der Waals surface area contributed by atoms with E-state index in [2.05, 4.69) is 39.9 Å². The number of nitrogens with one attached hydrogen (secondary N) is 1. The second-order valence-corrected chi connectivity index (χ2v) is 4.75. The standard InChI is InChI=1S/C12H27NO/c1-7-11(8-2)13-10(3)9-12(4,5)14-6/h10-11,13H,7-9H2,1-6H3. The zero-order valence-electron chi connectivity index (χ0n) is 10.7. The van der Waals surface area contributed by atoms with Crippen molar-refractivity contribution < 1.29 is 4.74 Å². The average Bonchev–Trinajstić information content (AvgIpc) is 2.13. The summed E-state index contributed by atoms with van der Waals surface area (Å²) in [7, 11) is 1.78. The van der Waals surface area contributed by atoms with E-state index in [1.807, 2.05) is 0 Å². The summed E-state index contributed by atoms with van der Waals surface area (Å²) in [5, 5.41) is 3.63. The summed E-state index contributed by atoms with van der Waals surface area (Å²) in [6.07, 6.45) is 3.46. The molecule has 0 aliphatic rings. The van der Waals surface area contributed by atoms with E-state index in [1.54, 1.807) is 7.11 Å². The lowest BCUT2D eigenvalue weighted by Crippen LogP contribution is -2.40. The molecule has 0 heterocycles. The molecule has 0 saturated carbocycles. The monoisotopic (exact) mass is 201 g/mol. The number of methoxy groups -OCH3 is 1. The highest BCUT2D eigenvalue weighted by Gasteiger charge is 2.20. The van der Waals surface area contributed by atoms with Crippen molar-refractivity contribution in [2.45, 2.75) is 71.6 Å². The van der Waals surface area contributed by atoms with E-state index in [0.717, 1.165) is 6.42 Å². The lowest BCUT2D eigenvalue weighted by atomic mass is 9.98. The highest BCUT2D eigenvalue weighted by Crippen LogP contribution is 2.16. The topological polar surface area (TPSA) is 21.3 Å². The molecule has 1 unspecified atom stereocenters. The van der Waals surface area contributed by atoms with Crippen LogP contribution in [0.2, 0.25) is 0 Å². The predicted octanol–water partition coefficient (Wildman–Crippen LogP) is 2.97. The zero-order valence-corrected chi connectivity index (χ0v) is 10.7. The Morgan fingerprint density at radius 3 is 2.07 bits per heavy atom. The summed E-state index contributed by atoms with van der Waals surface area (Å²) in [6, 6.07) is 1.17. The summed E-state index contributed by atoms with van der Waals surface area (Å²) >= 11 is 0. The molecule has 0 aromatic heterocycles. The molecule has 0 fully saturated rings. The number of hydrogen-bond acceptors (Lipinski definition) is 2. The maximum atomic E-state index is 5.42. The van der Waals surface area contributed by atoms with E-state index in [1.165, 1.54) is 12.8 Å². The first-order chi connectivity index (χ1) is 6.45. The van der Waals surface area contributed by atoms with Gasteiger partial charge in [0.05, 0.1) is 5.60 Å². The van der Waals surface area contributed by atoms with Gasteiger partial charge in [-0.2, -0.15) is 0 Å². The molecule has 2 heteroatoms. The van der Waals surface area contributed by atoms with Crippen LogP contribution in [0.3, 0.4) is 0 Å². The van der Waals surface area contributed by atoms with Gasteiger partial charge in [-0.3, -0.25) is 0 Å². The van der Waals surface area contributed by atoms with Crippen LogP contribution in [0.1, 0.15) is 53.9 Å². The van der Waals surface area contributed by atoms with Crippen molar-refractivity contribution in [2.24, 2.45) is 0 Å². The molecular formula is C12H27NO. The Kier molecular flexibility index (Phi) is 6.38. The minimum absolute atomic E-state index is 0.0154. The fraction of sp³-hybridized carbons (Fsp3) is 1.00. The van der Waals surface area contributed by atoms with Gasteiger partial charge in [0.25, 0.3) is 0 Å². The van der Waals surface area contributed by atoms with E-state index in [9.17, 15) is 0 Å². The largest absolute Gasteiger partial charge is 0.379 e. The molecule has 0 aliphatic heterocycles. The number of rotatable bonds is 7. The van der Waals surface area contributed by atoms with E-state index in [0.29, 0.717) is 12.1 Å². The number of ether oxygens (including phenoxy) is 1. The van der Waals surface area contributed by atoms with Crippen molar-refractivity contribution in [1.82, 2.24) is 5.32 Å². The fourth-order valence-electron chi connectivity index (χ4n) is 1.81. The van der Waals surface area contributed by atoms with Gasteiger partial charge in [0, 0.05) is 19.2 Å². The van der Waals surface area contributed by atoms with E-state index in [4.69, 9.17) is 4.74 Å². The van der Waals surface area contributed by atoms with Crippen LogP contribution in [0.5, 0.6) is 0 Å². The van der Waals surface area contributed by atoms with E-state index in [-0.39, 0.29) is 5.60 Å². The Bertz CT molecular complexity index is 141. The SMILES string of the molecule is CCC(CC)NC(C)CC(C)(C)OC. The van der Waals surface area contributed by atoms with Gasteiger partial charge in [0.2, 0.25) is 0 Å². The van der Waals surface area contributed by atoms with Crippen LogP contribution < -0.4 is 5.32 Å². The molecule has 0 aromatic rings. The van der Waals surface area contributed by atoms with Crippen LogP contribution in [-0.2, 0) is 4.74 Å². The number of hydrogen-bond donors (Lipinski definition) is 1. The Labute approximate surface area is 89.4 Å². The van der Waals surface area contributed by atoms with Gasteiger partial charge in [-0.25, -0.2) is 0 Å². The second kappa shape index (κ2) is 6.41. The normalized spacial score (nSPS) is 14.8. The highest BCUT2D eigenvalue weighted by atomic mass is 16.5. The molecule has 0 bridgehead atoms. The first-order valence-corrected chi connectivity index (χ1v) is 5.76. The molecule has 2 nitrogen and oxygen atoms in total. The predicted molar refractivity (Wildman–Crippen MR) is 62.7 cm³/mol. The third-order valence-corrected chi connectivity index (χ3v) is 2.86. The van der Waals surface area contributed by atoms with Crippen LogP contribution in [0.15, 0.2) is 0 Å².